The molecule has 1 aromatic rings. The molecule has 0 aliphatic carbocycles. The molecule has 0 saturated heterocycles. The largest absolute Gasteiger partial charge is 0.455 e. The summed E-state index contributed by atoms with van der Waals surface area (Å²) in [5.41, 5.74) is 4.69. The van der Waals surface area contributed by atoms with Crippen molar-refractivity contribution in [3.63, 3.8) is 0 Å². The van der Waals surface area contributed by atoms with Gasteiger partial charge in [-0.25, -0.2) is 0 Å². The fourth-order valence-electron chi connectivity index (χ4n) is 1.32. The summed E-state index contributed by atoms with van der Waals surface area (Å²) < 4.78 is 4.64. The second-order valence-electron chi connectivity index (χ2n) is 4.23. The number of benzene rings is 1. The molecule has 2 amide bonds. The highest BCUT2D eigenvalue weighted by Gasteiger charge is 2.10. The van der Waals surface area contributed by atoms with Crippen molar-refractivity contribution in [1.82, 2.24) is 10.9 Å². The van der Waals surface area contributed by atoms with Gasteiger partial charge in [0.25, 0.3) is 11.8 Å². The van der Waals surface area contributed by atoms with Crippen LogP contribution in [0.1, 0.15) is 30.1 Å². The summed E-state index contributed by atoms with van der Waals surface area (Å²) in [6.07, 6.45) is 0.00415. The Balaban J connectivity index is 2.24. The Bertz CT molecular complexity index is 527. The number of ether oxygens (including phenoxy) is 1. The van der Waals surface area contributed by atoms with Crippen LogP contribution in [0.4, 0.5) is 0 Å². The van der Waals surface area contributed by atoms with Crippen molar-refractivity contribution in [2.45, 2.75) is 19.8 Å². The number of Topliss-reactive ketones (excluding diaryl/α,β-unsaturated/α-hetero) is 1. The van der Waals surface area contributed by atoms with E-state index in [0.717, 1.165) is 0 Å². The van der Waals surface area contributed by atoms with E-state index in [-0.39, 0.29) is 18.6 Å². The minimum absolute atomic E-state index is 0.0704. The van der Waals surface area contributed by atoms with Crippen molar-refractivity contribution in [3.05, 3.63) is 35.9 Å². The number of hydrogen-bond donors (Lipinski definition) is 2. The lowest BCUT2D eigenvalue weighted by Gasteiger charge is -2.07. The van der Waals surface area contributed by atoms with Crippen LogP contribution >= 0.6 is 0 Å². The lowest BCUT2D eigenvalue weighted by molar-refractivity contribution is -0.149. The van der Waals surface area contributed by atoms with Crippen LogP contribution in [0.25, 0.3) is 0 Å². The smallest absolute Gasteiger partial charge is 0.306 e. The zero-order chi connectivity index (χ0) is 15.7. The number of hydrogen-bond acceptors (Lipinski definition) is 5. The monoisotopic (exact) mass is 292 g/mol. The first-order valence-corrected chi connectivity index (χ1v) is 6.28. The zero-order valence-corrected chi connectivity index (χ0v) is 11.5. The Labute approximate surface area is 121 Å². The summed E-state index contributed by atoms with van der Waals surface area (Å²) in [6.45, 7) is 0.838. The molecule has 7 nitrogen and oxygen atoms in total. The molecule has 112 valence electrons. The van der Waals surface area contributed by atoms with E-state index < -0.39 is 24.4 Å². The maximum Gasteiger partial charge on any atom is 0.306 e. The summed E-state index contributed by atoms with van der Waals surface area (Å²) >= 11 is 0. The van der Waals surface area contributed by atoms with Gasteiger partial charge in [-0.1, -0.05) is 18.2 Å². The molecule has 0 fully saturated rings. The number of nitrogens with one attached hydrogen (secondary N) is 2. The highest BCUT2D eigenvalue weighted by atomic mass is 16.5. The van der Waals surface area contributed by atoms with E-state index in [4.69, 9.17) is 0 Å². The molecular weight excluding hydrogens is 276 g/mol. The summed E-state index contributed by atoms with van der Waals surface area (Å²) in [5, 5.41) is 0. The SMILES string of the molecule is CC(=O)CCC(=O)OCC(=O)NNC(=O)c1ccccc1. The van der Waals surface area contributed by atoms with E-state index in [1.807, 2.05) is 0 Å². The average Bonchev–Trinajstić information content (AvgIpc) is 2.49. The summed E-state index contributed by atoms with van der Waals surface area (Å²) in [4.78, 5) is 44.8. The molecule has 7 heteroatoms. The quantitative estimate of drug-likeness (QED) is 0.582. The van der Waals surface area contributed by atoms with Crippen molar-refractivity contribution < 1.29 is 23.9 Å². The van der Waals surface area contributed by atoms with Gasteiger partial charge in [-0.05, 0) is 19.1 Å². The predicted molar refractivity (Wildman–Crippen MR) is 72.9 cm³/mol. The first-order valence-electron chi connectivity index (χ1n) is 6.28. The van der Waals surface area contributed by atoms with Crippen molar-refractivity contribution in [1.29, 1.82) is 0 Å². The zero-order valence-electron chi connectivity index (χ0n) is 11.5. The van der Waals surface area contributed by atoms with Crippen LogP contribution < -0.4 is 10.9 Å². The molecule has 2 N–H and O–H groups in total. The molecule has 0 aliphatic rings. The van der Waals surface area contributed by atoms with Gasteiger partial charge >= 0.3 is 5.97 Å². The summed E-state index contributed by atoms with van der Waals surface area (Å²) in [5.74, 6) is -1.93. The molecular formula is C14H16N2O5. The second kappa shape index (κ2) is 8.47. The normalized spacial score (nSPS) is 9.57. The molecule has 21 heavy (non-hydrogen) atoms. The Morgan fingerprint density at radius 2 is 1.67 bits per heavy atom. The number of carbonyl (C=O) groups excluding carboxylic acids is 4. The number of esters is 1. The van der Waals surface area contributed by atoms with Crippen LogP contribution in [0.15, 0.2) is 30.3 Å². The molecule has 0 saturated carbocycles. The van der Waals surface area contributed by atoms with Gasteiger partial charge in [0.05, 0.1) is 6.42 Å². The number of rotatable bonds is 6. The highest BCUT2D eigenvalue weighted by molar-refractivity contribution is 5.95. The number of ketones is 1. The van der Waals surface area contributed by atoms with Crippen molar-refractivity contribution in [3.8, 4) is 0 Å². The van der Waals surface area contributed by atoms with Gasteiger partial charge in [0.1, 0.15) is 5.78 Å². The Morgan fingerprint density at radius 3 is 2.29 bits per heavy atom. The Hall–Kier alpha value is -2.70. The van der Waals surface area contributed by atoms with Crippen LogP contribution in [-0.4, -0.2) is 30.2 Å². The summed E-state index contributed by atoms with van der Waals surface area (Å²) in [7, 11) is 0. The van der Waals surface area contributed by atoms with Gasteiger partial charge in [0.15, 0.2) is 6.61 Å². The van der Waals surface area contributed by atoms with E-state index in [0.29, 0.717) is 5.56 Å². The van der Waals surface area contributed by atoms with Gasteiger partial charge in [0.2, 0.25) is 0 Å². The molecule has 0 heterocycles. The lowest BCUT2D eigenvalue weighted by Crippen LogP contribution is -2.43. The maximum absolute atomic E-state index is 11.6. The van der Waals surface area contributed by atoms with Gasteiger partial charge in [-0.15, -0.1) is 0 Å². The van der Waals surface area contributed by atoms with Crippen molar-refractivity contribution in [2.24, 2.45) is 0 Å². The predicted octanol–water partition coefficient (Wildman–Crippen LogP) is 0.360. The van der Waals surface area contributed by atoms with Gasteiger partial charge in [-0.2, -0.15) is 0 Å². The van der Waals surface area contributed by atoms with Crippen molar-refractivity contribution in [2.75, 3.05) is 6.61 Å². The second-order valence-corrected chi connectivity index (χ2v) is 4.23. The molecule has 0 spiro atoms. The van der Waals surface area contributed by atoms with Crippen LogP contribution in [0.3, 0.4) is 0 Å². The molecule has 0 atom stereocenters. The standard InChI is InChI=1S/C14H16N2O5/c1-10(17)7-8-13(19)21-9-12(18)15-16-14(20)11-5-3-2-4-6-11/h2-6H,7-9H2,1H3,(H,15,18)(H,16,20). The maximum atomic E-state index is 11.6. The van der Waals surface area contributed by atoms with Gasteiger partial charge in [0, 0.05) is 12.0 Å². The Morgan fingerprint density at radius 1 is 1.00 bits per heavy atom. The fraction of sp³-hybridized carbons (Fsp3) is 0.286. The van der Waals surface area contributed by atoms with Crippen LogP contribution in [0.5, 0.6) is 0 Å². The van der Waals surface area contributed by atoms with E-state index >= 15 is 0 Å². The average molecular weight is 292 g/mol. The molecule has 0 bridgehead atoms. The van der Waals surface area contributed by atoms with Crippen LogP contribution in [0.2, 0.25) is 0 Å². The van der Waals surface area contributed by atoms with Crippen LogP contribution in [0, 0.1) is 0 Å². The Kier molecular flexibility index (Phi) is 6.59. The summed E-state index contributed by atoms with van der Waals surface area (Å²) in [6, 6.07) is 8.31. The number of amides is 2. The third-order valence-electron chi connectivity index (χ3n) is 2.40. The third kappa shape index (κ3) is 6.86. The molecule has 0 radical (unpaired) electrons. The first-order chi connectivity index (χ1) is 9.99. The molecule has 0 aromatic heterocycles. The van der Waals surface area contributed by atoms with E-state index in [2.05, 4.69) is 15.6 Å². The fourth-order valence-corrected chi connectivity index (χ4v) is 1.32. The molecule has 1 aromatic carbocycles. The number of hydrazine groups is 1. The minimum atomic E-state index is -0.671. The van der Waals surface area contributed by atoms with Gasteiger partial charge in [-0.3, -0.25) is 25.2 Å². The first kappa shape index (κ1) is 16.4. The highest BCUT2D eigenvalue weighted by Crippen LogP contribution is 1.97. The molecule has 1 rings (SSSR count). The third-order valence-corrected chi connectivity index (χ3v) is 2.40. The van der Waals surface area contributed by atoms with E-state index in [9.17, 15) is 19.2 Å². The number of carbonyl (C=O) groups is 4. The van der Waals surface area contributed by atoms with Crippen molar-refractivity contribution >= 4 is 23.6 Å². The van der Waals surface area contributed by atoms with E-state index in [1.165, 1.54) is 6.92 Å². The lowest BCUT2D eigenvalue weighted by atomic mass is 10.2. The van der Waals surface area contributed by atoms with Crippen LogP contribution in [-0.2, 0) is 19.1 Å². The molecule has 0 aliphatic heterocycles. The molecule has 0 unspecified atom stereocenters. The van der Waals surface area contributed by atoms with Gasteiger partial charge < -0.3 is 9.53 Å². The topological polar surface area (TPSA) is 102 Å². The minimum Gasteiger partial charge on any atom is -0.455 e. The van der Waals surface area contributed by atoms with E-state index in [1.54, 1.807) is 30.3 Å².